The van der Waals surface area contributed by atoms with Gasteiger partial charge in [0.25, 0.3) is 0 Å². The maximum Gasteiger partial charge on any atom is 0.129 e. The minimum Gasteiger partial charge on any atom is -0.313 e. The van der Waals surface area contributed by atoms with Gasteiger partial charge in [-0.1, -0.05) is 41.4 Å². The van der Waals surface area contributed by atoms with E-state index >= 15 is 0 Å². The van der Waals surface area contributed by atoms with Gasteiger partial charge >= 0.3 is 0 Å². The Kier molecular flexibility index (Phi) is 4.97. The molecule has 0 fully saturated rings. The Morgan fingerprint density at radius 2 is 1.90 bits per heavy atom. The van der Waals surface area contributed by atoms with Gasteiger partial charge in [-0.2, -0.15) is 0 Å². The van der Waals surface area contributed by atoms with Gasteiger partial charge in [-0.25, -0.2) is 8.78 Å². The van der Waals surface area contributed by atoms with Gasteiger partial charge in [0.2, 0.25) is 0 Å². The fourth-order valence-electron chi connectivity index (χ4n) is 2.06. The van der Waals surface area contributed by atoms with Crippen molar-refractivity contribution in [3.05, 3.63) is 69.2 Å². The Morgan fingerprint density at radius 3 is 2.55 bits per heavy atom. The molecule has 2 aromatic rings. The molecule has 2 rings (SSSR count). The highest BCUT2D eigenvalue weighted by molar-refractivity contribution is 6.42. The minimum absolute atomic E-state index is 0.207. The van der Waals surface area contributed by atoms with Gasteiger partial charge in [0.05, 0.1) is 10.0 Å². The summed E-state index contributed by atoms with van der Waals surface area (Å²) in [6, 6.07) is 8.66. The van der Waals surface area contributed by atoms with Gasteiger partial charge in [0, 0.05) is 12.1 Å². The monoisotopic (exact) mass is 315 g/mol. The lowest BCUT2D eigenvalue weighted by molar-refractivity contribution is 0.541. The molecular formula is C15H13Cl2F2N. The summed E-state index contributed by atoms with van der Waals surface area (Å²) in [4.78, 5) is 0. The van der Waals surface area contributed by atoms with E-state index in [0.717, 1.165) is 11.6 Å². The third kappa shape index (κ3) is 3.29. The van der Waals surface area contributed by atoms with Crippen molar-refractivity contribution in [3.63, 3.8) is 0 Å². The second-order valence-corrected chi connectivity index (χ2v) is 5.21. The first-order chi connectivity index (χ1) is 9.52. The van der Waals surface area contributed by atoms with Gasteiger partial charge in [-0.15, -0.1) is 0 Å². The molecule has 0 bridgehead atoms. The third-order valence-corrected chi connectivity index (χ3v) is 3.98. The van der Waals surface area contributed by atoms with Crippen LogP contribution in [0.1, 0.15) is 17.2 Å². The van der Waals surface area contributed by atoms with Crippen LogP contribution in [0.15, 0.2) is 36.4 Å². The Bertz CT molecular complexity index is 617. The standard InChI is InChI=1S/C15H13Cl2F2N/c1-20-14(11-3-2-4-12(16)15(11)17)7-9-5-6-10(18)8-13(9)19/h2-6,8,14,20H,7H2,1H3. The molecule has 0 spiro atoms. The van der Waals surface area contributed by atoms with Crippen LogP contribution in [0.25, 0.3) is 0 Å². The van der Waals surface area contributed by atoms with Crippen LogP contribution >= 0.6 is 23.2 Å². The molecule has 0 heterocycles. The topological polar surface area (TPSA) is 12.0 Å². The maximum absolute atomic E-state index is 13.7. The molecule has 0 radical (unpaired) electrons. The molecule has 20 heavy (non-hydrogen) atoms. The zero-order valence-corrected chi connectivity index (χ0v) is 12.3. The van der Waals surface area contributed by atoms with E-state index in [1.165, 1.54) is 12.1 Å². The van der Waals surface area contributed by atoms with Gasteiger partial charge in [0.15, 0.2) is 0 Å². The number of halogens is 4. The quantitative estimate of drug-likeness (QED) is 0.856. The van der Waals surface area contributed by atoms with Crippen molar-refractivity contribution in [1.82, 2.24) is 5.32 Å². The van der Waals surface area contributed by atoms with Crippen LogP contribution in [0.4, 0.5) is 8.78 Å². The van der Waals surface area contributed by atoms with E-state index in [9.17, 15) is 8.78 Å². The Morgan fingerprint density at radius 1 is 1.15 bits per heavy atom. The lowest BCUT2D eigenvalue weighted by atomic mass is 9.98. The van der Waals surface area contributed by atoms with Crippen LogP contribution in [0.3, 0.4) is 0 Å². The maximum atomic E-state index is 13.7. The van der Waals surface area contributed by atoms with Crippen LogP contribution in [0.2, 0.25) is 10.0 Å². The molecule has 1 N–H and O–H groups in total. The molecule has 0 aromatic heterocycles. The van der Waals surface area contributed by atoms with Gasteiger partial charge in [0.1, 0.15) is 11.6 Å². The number of hydrogen-bond donors (Lipinski definition) is 1. The lowest BCUT2D eigenvalue weighted by Crippen LogP contribution is -2.20. The smallest absolute Gasteiger partial charge is 0.129 e. The fraction of sp³-hybridized carbons (Fsp3) is 0.200. The lowest BCUT2D eigenvalue weighted by Gasteiger charge is -2.19. The van der Waals surface area contributed by atoms with Crippen molar-refractivity contribution >= 4 is 23.2 Å². The second-order valence-electron chi connectivity index (χ2n) is 4.42. The first-order valence-electron chi connectivity index (χ1n) is 6.08. The Balaban J connectivity index is 2.31. The number of likely N-dealkylation sites (N-methyl/N-ethyl adjacent to an activating group) is 1. The molecule has 0 aliphatic heterocycles. The normalized spacial score (nSPS) is 12.4. The third-order valence-electron chi connectivity index (χ3n) is 3.14. The van der Waals surface area contributed by atoms with Crippen molar-refractivity contribution in [1.29, 1.82) is 0 Å². The van der Waals surface area contributed by atoms with E-state index in [1.807, 2.05) is 6.07 Å². The molecule has 106 valence electrons. The van der Waals surface area contributed by atoms with Gasteiger partial charge in [-0.05, 0) is 36.7 Å². The SMILES string of the molecule is CNC(Cc1ccc(F)cc1F)c1cccc(Cl)c1Cl. The summed E-state index contributed by atoms with van der Waals surface area (Å²) in [5, 5.41) is 3.96. The zero-order valence-electron chi connectivity index (χ0n) is 10.8. The first-order valence-corrected chi connectivity index (χ1v) is 6.83. The molecular weight excluding hydrogens is 303 g/mol. The predicted molar refractivity (Wildman–Crippen MR) is 78.3 cm³/mol. The average molecular weight is 316 g/mol. The van der Waals surface area contributed by atoms with E-state index in [4.69, 9.17) is 23.2 Å². The summed E-state index contributed by atoms with van der Waals surface area (Å²) >= 11 is 12.2. The van der Waals surface area contributed by atoms with Crippen LogP contribution in [-0.4, -0.2) is 7.05 Å². The summed E-state index contributed by atoms with van der Waals surface area (Å²) in [6.07, 6.45) is 0.350. The molecule has 0 amide bonds. The fourth-order valence-corrected chi connectivity index (χ4v) is 2.50. The van der Waals surface area contributed by atoms with Gasteiger partial charge in [-0.3, -0.25) is 0 Å². The van der Waals surface area contributed by atoms with Crippen molar-refractivity contribution in [2.75, 3.05) is 7.05 Å². The summed E-state index contributed by atoms with van der Waals surface area (Å²) < 4.78 is 26.6. The van der Waals surface area contributed by atoms with Crippen molar-refractivity contribution < 1.29 is 8.78 Å². The van der Waals surface area contributed by atoms with Crippen molar-refractivity contribution in [2.45, 2.75) is 12.5 Å². The molecule has 0 saturated heterocycles. The van der Waals surface area contributed by atoms with E-state index in [-0.39, 0.29) is 6.04 Å². The Hall–Kier alpha value is -1.16. The van der Waals surface area contributed by atoms with E-state index < -0.39 is 11.6 Å². The highest BCUT2D eigenvalue weighted by atomic mass is 35.5. The molecule has 1 nitrogen and oxygen atoms in total. The zero-order chi connectivity index (χ0) is 14.7. The largest absolute Gasteiger partial charge is 0.313 e. The number of benzene rings is 2. The highest BCUT2D eigenvalue weighted by Gasteiger charge is 2.17. The Labute approximate surface area is 126 Å². The number of nitrogens with one attached hydrogen (secondary N) is 1. The first kappa shape index (κ1) is 15.2. The summed E-state index contributed by atoms with van der Waals surface area (Å²) in [6.45, 7) is 0. The summed E-state index contributed by atoms with van der Waals surface area (Å²) in [7, 11) is 1.75. The molecule has 0 aliphatic rings. The molecule has 0 aliphatic carbocycles. The molecule has 2 aromatic carbocycles. The number of rotatable bonds is 4. The predicted octanol–water partition coefficient (Wildman–Crippen LogP) is 4.77. The van der Waals surface area contributed by atoms with Crippen molar-refractivity contribution in [2.24, 2.45) is 0 Å². The molecule has 1 unspecified atom stereocenters. The molecule has 0 saturated carbocycles. The average Bonchev–Trinajstić information content (AvgIpc) is 2.42. The van der Waals surface area contributed by atoms with E-state index in [2.05, 4.69) is 5.32 Å². The van der Waals surface area contributed by atoms with Crippen LogP contribution < -0.4 is 5.32 Å². The van der Waals surface area contributed by atoms with Gasteiger partial charge < -0.3 is 5.32 Å². The summed E-state index contributed by atoms with van der Waals surface area (Å²) in [5.41, 5.74) is 1.20. The van der Waals surface area contributed by atoms with E-state index in [0.29, 0.717) is 22.0 Å². The van der Waals surface area contributed by atoms with E-state index in [1.54, 1.807) is 19.2 Å². The van der Waals surface area contributed by atoms with Crippen LogP contribution in [0, 0.1) is 11.6 Å². The van der Waals surface area contributed by atoms with Crippen LogP contribution in [-0.2, 0) is 6.42 Å². The number of hydrogen-bond acceptors (Lipinski definition) is 1. The second kappa shape index (κ2) is 6.53. The van der Waals surface area contributed by atoms with Crippen molar-refractivity contribution in [3.8, 4) is 0 Å². The highest BCUT2D eigenvalue weighted by Crippen LogP contribution is 2.31. The molecule has 1 atom stereocenters. The molecule has 5 heteroatoms. The van der Waals surface area contributed by atoms with Crippen LogP contribution in [0.5, 0.6) is 0 Å². The summed E-state index contributed by atoms with van der Waals surface area (Å²) in [5.74, 6) is -1.16. The minimum atomic E-state index is -0.590.